The van der Waals surface area contributed by atoms with Crippen molar-refractivity contribution in [3.63, 3.8) is 0 Å². The van der Waals surface area contributed by atoms with Gasteiger partial charge in [-0.15, -0.1) is 0 Å². The fourth-order valence-electron chi connectivity index (χ4n) is 2.02. The Morgan fingerprint density at radius 3 is 2.40 bits per heavy atom. The van der Waals surface area contributed by atoms with Gasteiger partial charge in [0.05, 0.1) is 12.2 Å². The lowest BCUT2D eigenvalue weighted by molar-refractivity contribution is -0.125. The Morgan fingerprint density at radius 1 is 1.40 bits per heavy atom. The van der Waals surface area contributed by atoms with Crippen LogP contribution in [0.2, 0.25) is 0 Å². The summed E-state index contributed by atoms with van der Waals surface area (Å²) < 4.78 is 0. The summed E-state index contributed by atoms with van der Waals surface area (Å²) in [5, 5.41) is 21.5. The molecule has 1 fully saturated rings. The highest BCUT2D eigenvalue weighted by molar-refractivity contribution is 5.78. The lowest BCUT2D eigenvalue weighted by Crippen LogP contribution is -2.37. The molecule has 3 N–H and O–H groups in total. The van der Waals surface area contributed by atoms with Crippen molar-refractivity contribution < 1.29 is 15.0 Å². The first-order chi connectivity index (χ1) is 7.04. The van der Waals surface area contributed by atoms with Gasteiger partial charge in [0.2, 0.25) is 5.91 Å². The molecule has 0 radical (unpaired) electrons. The van der Waals surface area contributed by atoms with Crippen molar-refractivity contribution in [2.45, 2.75) is 57.8 Å². The third-order valence-electron chi connectivity index (χ3n) is 3.01. The zero-order chi connectivity index (χ0) is 11.4. The summed E-state index contributed by atoms with van der Waals surface area (Å²) in [4.78, 5) is 11.6. The SMILES string of the molecule is CCCC(C)C(=O)NC1CC(O)C(O)C1. The maximum atomic E-state index is 11.6. The van der Waals surface area contributed by atoms with Crippen molar-refractivity contribution in [3.8, 4) is 0 Å². The molecule has 0 aromatic heterocycles. The van der Waals surface area contributed by atoms with Crippen LogP contribution in [0.25, 0.3) is 0 Å². The molecule has 3 unspecified atom stereocenters. The molecule has 1 aliphatic carbocycles. The summed E-state index contributed by atoms with van der Waals surface area (Å²) in [6, 6.07) is -0.0678. The van der Waals surface area contributed by atoms with Crippen molar-refractivity contribution in [2.24, 2.45) is 5.92 Å². The maximum Gasteiger partial charge on any atom is 0.223 e. The van der Waals surface area contributed by atoms with Gasteiger partial charge in [-0.25, -0.2) is 0 Å². The van der Waals surface area contributed by atoms with Gasteiger partial charge >= 0.3 is 0 Å². The molecule has 0 saturated heterocycles. The van der Waals surface area contributed by atoms with Gasteiger partial charge in [-0.2, -0.15) is 0 Å². The van der Waals surface area contributed by atoms with Crippen LogP contribution in [0.4, 0.5) is 0 Å². The molecule has 1 rings (SSSR count). The molecule has 1 aliphatic rings. The standard InChI is InChI=1S/C11H21NO3/c1-3-4-7(2)11(15)12-8-5-9(13)10(14)6-8/h7-10,13-14H,3-6H2,1-2H3,(H,12,15). The van der Waals surface area contributed by atoms with E-state index < -0.39 is 12.2 Å². The fourth-order valence-corrected chi connectivity index (χ4v) is 2.02. The summed E-state index contributed by atoms with van der Waals surface area (Å²) in [7, 11) is 0. The lowest BCUT2D eigenvalue weighted by atomic mass is 10.0. The lowest BCUT2D eigenvalue weighted by Gasteiger charge is -2.15. The highest BCUT2D eigenvalue weighted by atomic mass is 16.3. The first kappa shape index (κ1) is 12.5. The largest absolute Gasteiger partial charge is 0.390 e. The molecule has 4 heteroatoms. The second kappa shape index (κ2) is 5.47. The molecule has 0 bridgehead atoms. The normalized spacial score (nSPS) is 32.7. The van der Waals surface area contributed by atoms with E-state index in [2.05, 4.69) is 5.32 Å². The zero-order valence-corrected chi connectivity index (χ0v) is 9.44. The minimum atomic E-state index is -0.684. The number of carbonyl (C=O) groups excluding carboxylic acids is 1. The van der Waals surface area contributed by atoms with Crippen molar-refractivity contribution in [1.82, 2.24) is 5.32 Å². The first-order valence-electron chi connectivity index (χ1n) is 5.71. The van der Waals surface area contributed by atoms with E-state index in [1.807, 2.05) is 13.8 Å². The fraction of sp³-hybridized carbons (Fsp3) is 0.909. The van der Waals surface area contributed by atoms with Crippen molar-refractivity contribution in [1.29, 1.82) is 0 Å². The van der Waals surface area contributed by atoms with Crippen LogP contribution in [0.15, 0.2) is 0 Å². The number of aliphatic hydroxyl groups excluding tert-OH is 2. The number of hydrogen-bond acceptors (Lipinski definition) is 3. The van der Waals surface area contributed by atoms with Crippen LogP contribution >= 0.6 is 0 Å². The Balaban J connectivity index is 2.33. The van der Waals surface area contributed by atoms with Crippen LogP contribution in [0.5, 0.6) is 0 Å². The summed E-state index contributed by atoms with van der Waals surface area (Å²) in [5.74, 6) is 0.0491. The number of amides is 1. The molecule has 0 aromatic rings. The Labute approximate surface area is 90.7 Å². The van der Waals surface area contributed by atoms with Crippen LogP contribution in [-0.2, 0) is 4.79 Å². The number of hydrogen-bond donors (Lipinski definition) is 3. The molecule has 88 valence electrons. The summed E-state index contributed by atoms with van der Waals surface area (Å²) in [6.07, 6.45) is 1.43. The Kier molecular flexibility index (Phi) is 4.54. The van der Waals surface area contributed by atoms with E-state index in [1.54, 1.807) is 0 Å². The predicted octanol–water partition coefficient (Wildman–Crippen LogP) is 0.423. The molecule has 0 aliphatic heterocycles. The van der Waals surface area contributed by atoms with E-state index in [4.69, 9.17) is 0 Å². The van der Waals surface area contributed by atoms with Crippen LogP contribution < -0.4 is 5.32 Å². The molecule has 3 atom stereocenters. The predicted molar refractivity (Wildman–Crippen MR) is 57.3 cm³/mol. The van der Waals surface area contributed by atoms with Crippen LogP contribution in [0.1, 0.15) is 39.5 Å². The Hall–Kier alpha value is -0.610. The van der Waals surface area contributed by atoms with E-state index in [9.17, 15) is 15.0 Å². The first-order valence-corrected chi connectivity index (χ1v) is 5.71. The van der Waals surface area contributed by atoms with E-state index in [-0.39, 0.29) is 17.9 Å². The smallest absolute Gasteiger partial charge is 0.223 e. The van der Waals surface area contributed by atoms with E-state index in [1.165, 1.54) is 0 Å². The minimum Gasteiger partial charge on any atom is -0.390 e. The minimum absolute atomic E-state index is 0.0184. The molecule has 15 heavy (non-hydrogen) atoms. The maximum absolute atomic E-state index is 11.6. The zero-order valence-electron chi connectivity index (χ0n) is 9.44. The monoisotopic (exact) mass is 215 g/mol. The van der Waals surface area contributed by atoms with Gasteiger partial charge in [0.15, 0.2) is 0 Å². The number of carbonyl (C=O) groups is 1. The molecule has 0 heterocycles. The number of aliphatic hydroxyl groups is 2. The second-order valence-electron chi connectivity index (χ2n) is 4.50. The van der Waals surface area contributed by atoms with E-state index >= 15 is 0 Å². The van der Waals surface area contributed by atoms with Gasteiger partial charge in [0.1, 0.15) is 0 Å². The van der Waals surface area contributed by atoms with Crippen molar-refractivity contribution >= 4 is 5.91 Å². The summed E-state index contributed by atoms with van der Waals surface area (Å²) in [6.45, 7) is 3.95. The molecule has 1 saturated carbocycles. The summed E-state index contributed by atoms with van der Waals surface area (Å²) >= 11 is 0. The molecule has 4 nitrogen and oxygen atoms in total. The van der Waals surface area contributed by atoms with Crippen LogP contribution in [0.3, 0.4) is 0 Å². The molecular formula is C11H21NO3. The Morgan fingerprint density at radius 2 is 1.93 bits per heavy atom. The van der Waals surface area contributed by atoms with Gasteiger partial charge in [0, 0.05) is 12.0 Å². The average molecular weight is 215 g/mol. The van der Waals surface area contributed by atoms with Crippen LogP contribution in [-0.4, -0.2) is 34.4 Å². The Bertz CT molecular complexity index is 210. The van der Waals surface area contributed by atoms with Gasteiger partial charge in [-0.05, 0) is 19.3 Å². The van der Waals surface area contributed by atoms with Crippen LogP contribution in [0, 0.1) is 5.92 Å². The van der Waals surface area contributed by atoms with Gasteiger partial charge < -0.3 is 15.5 Å². The molecule has 0 spiro atoms. The molecule has 1 amide bonds. The molecule has 0 aromatic carbocycles. The number of rotatable bonds is 4. The van der Waals surface area contributed by atoms with E-state index in [0.717, 1.165) is 12.8 Å². The van der Waals surface area contributed by atoms with E-state index in [0.29, 0.717) is 12.8 Å². The van der Waals surface area contributed by atoms with Crippen molar-refractivity contribution in [3.05, 3.63) is 0 Å². The number of nitrogens with one attached hydrogen (secondary N) is 1. The second-order valence-corrected chi connectivity index (χ2v) is 4.50. The topological polar surface area (TPSA) is 69.6 Å². The molecular weight excluding hydrogens is 194 g/mol. The van der Waals surface area contributed by atoms with Gasteiger partial charge in [-0.3, -0.25) is 4.79 Å². The average Bonchev–Trinajstić information content (AvgIpc) is 2.46. The van der Waals surface area contributed by atoms with Crippen molar-refractivity contribution in [2.75, 3.05) is 0 Å². The quantitative estimate of drug-likeness (QED) is 0.636. The third kappa shape index (κ3) is 3.47. The summed E-state index contributed by atoms with van der Waals surface area (Å²) in [5.41, 5.74) is 0. The highest BCUT2D eigenvalue weighted by Crippen LogP contribution is 2.20. The third-order valence-corrected chi connectivity index (χ3v) is 3.01. The van der Waals surface area contributed by atoms with Gasteiger partial charge in [-0.1, -0.05) is 20.3 Å². The van der Waals surface area contributed by atoms with Gasteiger partial charge in [0.25, 0.3) is 0 Å². The highest BCUT2D eigenvalue weighted by Gasteiger charge is 2.32.